The Morgan fingerprint density at radius 1 is 1.40 bits per heavy atom. The minimum atomic E-state index is 0.545. The molecule has 0 fully saturated rings. The minimum Gasteiger partial charge on any atom is -0.496 e. The summed E-state index contributed by atoms with van der Waals surface area (Å²) in [4.78, 5) is 10.7. The second-order valence-electron chi connectivity index (χ2n) is 2.92. The van der Waals surface area contributed by atoms with E-state index >= 15 is 0 Å². The maximum atomic E-state index is 10.7. The summed E-state index contributed by atoms with van der Waals surface area (Å²) in [5.74, 6) is 1.43. The van der Waals surface area contributed by atoms with E-state index < -0.39 is 0 Å². The number of aldehydes is 1. The molecule has 3 nitrogen and oxygen atoms in total. The fourth-order valence-electron chi connectivity index (χ4n) is 1.49. The number of rotatable bonds is 2. The smallest absolute Gasteiger partial charge is 0.153 e. The molecule has 15 heavy (non-hydrogen) atoms. The Bertz CT molecular complexity index is 345. The van der Waals surface area contributed by atoms with Gasteiger partial charge in [-0.25, -0.2) is 0 Å². The van der Waals surface area contributed by atoms with Gasteiger partial charge in [0.15, 0.2) is 6.29 Å². The van der Waals surface area contributed by atoms with Crippen molar-refractivity contribution >= 4 is 6.29 Å². The van der Waals surface area contributed by atoms with Crippen molar-refractivity contribution in [1.82, 2.24) is 0 Å². The SMILES string of the molecule is CC.COc1cc2c(cc1C=O)OCC2. The molecule has 2 rings (SSSR count). The summed E-state index contributed by atoms with van der Waals surface area (Å²) in [6.07, 6.45) is 1.67. The zero-order chi connectivity index (χ0) is 11.3. The first-order valence-electron chi connectivity index (χ1n) is 5.14. The van der Waals surface area contributed by atoms with Crippen LogP contribution < -0.4 is 9.47 Å². The molecule has 1 aromatic carbocycles. The molecule has 0 amide bonds. The Hall–Kier alpha value is -1.51. The zero-order valence-electron chi connectivity index (χ0n) is 9.37. The van der Waals surface area contributed by atoms with Crippen LogP contribution in [0.5, 0.6) is 11.5 Å². The van der Waals surface area contributed by atoms with Crippen LogP contribution in [0.15, 0.2) is 12.1 Å². The van der Waals surface area contributed by atoms with E-state index in [0.717, 1.165) is 24.0 Å². The van der Waals surface area contributed by atoms with E-state index in [0.29, 0.717) is 17.9 Å². The van der Waals surface area contributed by atoms with Gasteiger partial charge in [0.25, 0.3) is 0 Å². The highest BCUT2D eigenvalue weighted by molar-refractivity contribution is 5.80. The number of carbonyl (C=O) groups excluding carboxylic acids is 1. The highest BCUT2D eigenvalue weighted by Gasteiger charge is 2.15. The first kappa shape index (κ1) is 11.6. The molecule has 0 bridgehead atoms. The van der Waals surface area contributed by atoms with Crippen molar-refractivity contribution in [3.8, 4) is 11.5 Å². The summed E-state index contributed by atoms with van der Waals surface area (Å²) in [6.45, 7) is 4.70. The van der Waals surface area contributed by atoms with Gasteiger partial charge in [-0.15, -0.1) is 0 Å². The normalized spacial score (nSPS) is 11.9. The summed E-state index contributed by atoms with van der Waals surface area (Å²) in [7, 11) is 1.56. The van der Waals surface area contributed by atoms with E-state index in [4.69, 9.17) is 9.47 Å². The zero-order valence-corrected chi connectivity index (χ0v) is 9.37. The molecule has 1 aromatic rings. The van der Waals surface area contributed by atoms with Crippen molar-refractivity contribution in [2.45, 2.75) is 20.3 Å². The van der Waals surface area contributed by atoms with E-state index in [1.807, 2.05) is 19.9 Å². The van der Waals surface area contributed by atoms with Gasteiger partial charge in [0.05, 0.1) is 19.3 Å². The molecule has 0 radical (unpaired) electrons. The van der Waals surface area contributed by atoms with Crippen LogP contribution in [-0.4, -0.2) is 20.0 Å². The molecule has 0 unspecified atom stereocenters. The first-order chi connectivity index (χ1) is 7.35. The van der Waals surface area contributed by atoms with Crippen LogP contribution in [-0.2, 0) is 6.42 Å². The van der Waals surface area contributed by atoms with E-state index in [1.54, 1.807) is 13.2 Å². The molecule has 0 saturated heterocycles. The summed E-state index contributed by atoms with van der Waals surface area (Å²) in [6, 6.07) is 3.60. The van der Waals surface area contributed by atoms with E-state index in [9.17, 15) is 4.79 Å². The molecule has 0 aromatic heterocycles. The monoisotopic (exact) mass is 208 g/mol. The fraction of sp³-hybridized carbons (Fsp3) is 0.417. The van der Waals surface area contributed by atoms with Crippen LogP contribution in [0.4, 0.5) is 0 Å². The molecule has 3 heteroatoms. The van der Waals surface area contributed by atoms with Crippen molar-refractivity contribution in [3.05, 3.63) is 23.3 Å². The van der Waals surface area contributed by atoms with Gasteiger partial charge >= 0.3 is 0 Å². The third kappa shape index (κ3) is 2.29. The van der Waals surface area contributed by atoms with Crippen LogP contribution in [0.1, 0.15) is 29.8 Å². The number of ether oxygens (including phenoxy) is 2. The third-order valence-corrected chi connectivity index (χ3v) is 2.17. The number of hydrogen-bond donors (Lipinski definition) is 0. The van der Waals surface area contributed by atoms with Crippen LogP contribution >= 0.6 is 0 Å². The largest absolute Gasteiger partial charge is 0.496 e. The van der Waals surface area contributed by atoms with Gasteiger partial charge in [0.1, 0.15) is 11.5 Å². The molecule has 82 valence electrons. The molecular formula is C12H16O3. The van der Waals surface area contributed by atoms with E-state index in [1.165, 1.54) is 0 Å². The second kappa shape index (κ2) is 5.39. The number of carbonyl (C=O) groups is 1. The van der Waals surface area contributed by atoms with Crippen molar-refractivity contribution in [1.29, 1.82) is 0 Å². The first-order valence-corrected chi connectivity index (χ1v) is 5.14. The lowest BCUT2D eigenvalue weighted by Crippen LogP contribution is -1.91. The van der Waals surface area contributed by atoms with Gasteiger partial charge in [-0.2, -0.15) is 0 Å². The topological polar surface area (TPSA) is 35.5 Å². The Labute approximate surface area is 90.0 Å². The highest BCUT2D eigenvalue weighted by atomic mass is 16.5. The van der Waals surface area contributed by atoms with Crippen molar-refractivity contribution in [2.75, 3.05) is 13.7 Å². The lowest BCUT2D eigenvalue weighted by Gasteiger charge is -2.05. The Balaban J connectivity index is 0.000000531. The number of methoxy groups -OCH3 is 1. The summed E-state index contributed by atoms with van der Waals surface area (Å²) in [5.41, 5.74) is 1.66. The van der Waals surface area contributed by atoms with Gasteiger partial charge in [0.2, 0.25) is 0 Å². The van der Waals surface area contributed by atoms with Gasteiger partial charge < -0.3 is 9.47 Å². The molecule has 1 aliphatic rings. The predicted octanol–water partition coefficient (Wildman–Crippen LogP) is 2.47. The summed E-state index contributed by atoms with van der Waals surface area (Å²) < 4.78 is 10.4. The van der Waals surface area contributed by atoms with Gasteiger partial charge in [-0.3, -0.25) is 4.79 Å². The molecule has 0 spiro atoms. The Kier molecular flexibility index (Phi) is 4.16. The van der Waals surface area contributed by atoms with Gasteiger partial charge in [-0.1, -0.05) is 13.8 Å². The number of fused-ring (bicyclic) bond motifs is 1. The van der Waals surface area contributed by atoms with Crippen LogP contribution in [0.2, 0.25) is 0 Å². The Morgan fingerprint density at radius 3 is 2.73 bits per heavy atom. The lowest BCUT2D eigenvalue weighted by atomic mass is 10.1. The molecule has 0 N–H and O–H groups in total. The van der Waals surface area contributed by atoms with E-state index in [2.05, 4.69) is 0 Å². The van der Waals surface area contributed by atoms with Crippen molar-refractivity contribution in [2.24, 2.45) is 0 Å². The molecule has 1 heterocycles. The average molecular weight is 208 g/mol. The second-order valence-corrected chi connectivity index (χ2v) is 2.92. The fourth-order valence-corrected chi connectivity index (χ4v) is 1.49. The molecule has 0 aliphatic carbocycles. The number of benzene rings is 1. The van der Waals surface area contributed by atoms with Crippen LogP contribution in [0.25, 0.3) is 0 Å². The maximum absolute atomic E-state index is 10.7. The molecule has 0 atom stereocenters. The quantitative estimate of drug-likeness (QED) is 0.700. The predicted molar refractivity (Wildman–Crippen MR) is 58.9 cm³/mol. The lowest BCUT2D eigenvalue weighted by molar-refractivity contribution is 0.112. The van der Waals surface area contributed by atoms with Crippen molar-refractivity contribution in [3.63, 3.8) is 0 Å². The number of hydrogen-bond acceptors (Lipinski definition) is 3. The Morgan fingerprint density at radius 2 is 2.13 bits per heavy atom. The minimum absolute atomic E-state index is 0.545. The molecular weight excluding hydrogens is 192 g/mol. The van der Waals surface area contributed by atoms with Gasteiger partial charge in [-0.05, 0) is 12.1 Å². The van der Waals surface area contributed by atoms with E-state index in [-0.39, 0.29) is 0 Å². The van der Waals surface area contributed by atoms with Crippen LogP contribution in [0.3, 0.4) is 0 Å². The highest BCUT2D eigenvalue weighted by Crippen LogP contribution is 2.31. The third-order valence-electron chi connectivity index (χ3n) is 2.17. The molecule has 1 aliphatic heterocycles. The standard InChI is InChI=1S/C10H10O3.C2H6/c1-12-9-4-7-2-3-13-10(7)5-8(9)6-11;1-2/h4-6H,2-3H2,1H3;1-2H3. The van der Waals surface area contributed by atoms with Crippen molar-refractivity contribution < 1.29 is 14.3 Å². The molecule has 0 saturated carbocycles. The van der Waals surface area contributed by atoms with Gasteiger partial charge in [0, 0.05) is 12.0 Å². The van der Waals surface area contributed by atoms with Crippen LogP contribution in [0, 0.1) is 0 Å². The maximum Gasteiger partial charge on any atom is 0.153 e. The summed E-state index contributed by atoms with van der Waals surface area (Å²) in [5, 5.41) is 0. The average Bonchev–Trinajstić information content (AvgIpc) is 2.76. The summed E-state index contributed by atoms with van der Waals surface area (Å²) >= 11 is 0.